The van der Waals surface area contributed by atoms with Crippen molar-refractivity contribution in [1.29, 1.82) is 0 Å². The Balaban J connectivity index is 2.35. The molecule has 2 unspecified atom stereocenters. The van der Waals surface area contributed by atoms with E-state index < -0.39 is 9.05 Å². The Hall–Kier alpha value is 0.0300. The number of hydrogen-bond acceptors (Lipinski definition) is 3. The summed E-state index contributed by atoms with van der Waals surface area (Å²) in [6.07, 6.45) is 4.03. The Labute approximate surface area is 137 Å². The van der Waals surface area contributed by atoms with Gasteiger partial charge >= 0.3 is 0 Å². The Morgan fingerprint density at radius 1 is 1.35 bits per heavy atom. The normalized spacial score (nSPS) is 23.6. The molecule has 3 nitrogen and oxygen atoms in total. The fraction of sp³-hybridized carbons (Fsp3) is 0.538. The largest absolute Gasteiger partial charge is 0.487 e. The molecule has 0 amide bonds. The van der Waals surface area contributed by atoms with E-state index in [-0.39, 0.29) is 21.8 Å². The number of benzene rings is 1. The highest BCUT2D eigenvalue weighted by molar-refractivity contribution is 9.10. The molecule has 0 radical (unpaired) electrons. The van der Waals surface area contributed by atoms with Crippen molar-refractivity contribution in [3.8, 4) is 5.75 Å². The van der Waals surface area contributed by atoms with Crippen LogP contribution < -0.4 is 4.74 Å². The van der Waals surface area contributed by atoms with Gasteiger partial charge in [-0.25, -0.2) is 8.42 Å². The Morgan fingerprint density at radius 3 is 2.65 bits per heavy atom. The molecule has 0 aromatic heterocycles. The monoisotopic (exact) mass is 400 g/mol. The molecule has 0 bridgehead atoms. The van der Waals surface area contributed by atoms with Gasteiger partial charge < -0.3 is 4.74 Å². The first-order valence-corrected chi connectivity index (χ1v) is 9.85. The first-order valence-electron chi connectivity index (χ1n) is 6.37. The number of ether oxygens (including phenoxy) is 1. The molecule has 0 heterocycles. The zero-order valence-electron chi connectivity index (χ0n) is 10.9. The summed E-state index contributed by atoms with van der Waals surface area (Å²) in [7, 11) is 1.56. The Kier molecular flexibility index (Phi) is 5.27. The van der Waals surface area contributed by atoms with E-state index in [1.165, 1.54) is 12.5 Å². The van der Waals surface area contributed by atoms with Gasteiger partial charge in [0.2, 0.25) is 0 Å². The molecule has 1 aromatic carbocycles. The van der Waals surface area contributed by atoms with E-state index in [1.807, 2.05) is 0 Å². The van der Waals surface area contributed by atoms with Crippen molar-refractivity contribution in [2.24, 2.45) is 5.92 Å². The van der Waals surface area contributed by atoms with Gasteiger partial charge in [-0.15, -0.1) is 0 Å². The predicted molar refractivity (Wildman–Crippen MR) is 84.2 cm³/mol. The Bertz CT molecular complexity index is 604. The molecular weight excluding hydrogens is 387 g/mol. The SMILES string of the molecule is CC1CCCC(Oc2c(Cl)cc(Br)cc2S(=O)(=O)Cl)C1. The molecule has 0 N–H and O–H groups in total. The zero-order chi connectivity index (χ0) is 14.9. The molecule has 2 rings (SSSR count). The van der Waals surface area contributed by atoms with Gasteiger partial charge in [0.05, 0.1) is 11.1 Å². The molecule has 1 aliphatic rings. The van der Waals surface area contributed by atoms with Gasteiger partial charge in [-0.05, 0) is 37.3 Å². The average molecular weight is 402 g/mol. The third-order valence-corrected chi connectivity index (χ3v) is 5.48. The summed E-state index contributed by atoms with van der Waals surface area (Å²) < 4.78 is 29.7. The van der Waals surface area contributed by atoms with Crippen LogP contribution in [0.3, 0.4) is 0 Å². The maximum Gasteiger partial charge on any atom is 0.265 e. The molecule has 1 aromatic rings. The van der Waals surface area contributed by atoms with E-state index in [9.17, 15) is 8.42 Å². The van der Waals surface area contributed by atoms with Crippen molar-refractivity contribution < 1.29 is 13.2 Å². The molecule has 1 fully saturated rings. The molecule has 112 valence electrons. The van der Waals surface area contributed by atoms with Crippen LogP contribution in [0, 0.1) is 5.92 Å². The lowest BCUT2D eigenvalue weighted by molar-refractivity contribution is 0.126. The fourth-order valence-corrected chi connectivity index (χ4v) is 4.54. The smallest absolute Gasteiger partial charge is 0.265 e. The minimum absolute atomic E-state index is 0.0189. The van der Waals surface area contributed by atoms with Crippen molar-refractivity contribution in [3.05, 3.63) is 21.6 Å². The lowest BCUT2D eigenvalue weighted by Crippen LogP contribution is -2.24. The summed E-state index contributed by atoms with van der Waals surface area (Å²) in [6.45, 7) is 2.16. The summed E-state index contributed by atoms with van der Waals surface area (Å²) >= 11 is 9.33. The van der Waals surface area contributed by atoms with E-state index in [0.29, 0.717) is 10.4 Å². The molecule has 1 saturated carbocycles. The van der Waals surface area contributed by atoms with Crippen LogP contribution in [0.4, 0.5) is 0 Å². The van der Waals surface area contributed by atoms with Gasteiger partial charge in [0.1, 0.15) is 4.90 Å². The van der Waals surface area contributed by atoms with Gasteiger partial charge in [0, 0.05) is 15.2 Å². The average Bonchev–Trinajstić information content (AvgIpc) is 2.31. The van der Waals surface area contributed by atoms with Gasteiger partial charge in [-0.2, -0.15) is 0 Å². The summed E-state index contributed by atoms with van der Waals surface area (Å²) in [6, 6.07) is 3.02. The third kappa shape index (κ3) is 4.03. The maximum absolute atomic E-state index is 11.7. The number of hydrogen-bond donors (Lipinski definition) is 0. The maximum atomic E-state index is 11.7. The molecule has 2 atom stereocenters. The highest BCUT2D eigenvalue weighted by atomic mass is 79.9. The van der Waals surface area contributed by atoms with E-state index in [2.05, 4.69) is 22.9 Å². The highest BCUT2D eigenvalue weighted by Gasteiger charge is 2.26. The van der Waals surface area contributed by atoms with Crippen LogP contribution in [0.25, 0.3) is 0 Å². The van der Waals surface area contributed by atoms with E-state index >= 15 is 0 Å². The van der Waals surface area contributed by atoms with E-state index in [0.717, 1.165) is 19.3 Å². The molecule has 20 heavy (non-hydrogen) atoms. The standard InChI is InChI=1S/C13H15BrCl2O3S/c1-8-3-2-4-10(5-8)19-13-11(15)6-9(14)7-12(13)20(16,17)18/h6-8,10H,2-5H2,1H3. The Morgan fingerprint density at radius 2 is 2.05 bits per heavy atom. The van der Waals surface area contributed by atoms with Gasteiger partial charge in [0.15, 0.2) is 5.75 Å². The van der Waals surface area contributed by atoms with Crippen molar-refractivity contribution >= 4 is 47.3 Å². The number of rotatable bonds is 3. The summed E-state index contributed by atoms with van der Waals surface area (Å²) in [5.74, 6) is 0.725. The van der Waals surface area contributed by atoms with Crippen molar-refractivity contribution in [3.63, 3.8) is 0 Å². The van der Waals surface area contributed by atoms with E-state index in [4.69, 9.17) is 27.0 Å². The first kappa shape index (κ1) is 16.4. The van der Waals surface area contributed by atoms with Gasteiger partial charge in [0.25, 0.3) is 9.05 Å². The van der Waals surface area contributed by atoms with Crippen LogP contribution in [0.1, 0.15) is 32.6 Å². The van der Waals surface area contributed by atoms with Crippen molar-refractivity contribution in [2.45, 2.75) is 43.6 Å². The summed E-state index contributed by atoms with van der Waals surface area (Å²) in [5.41, 5.74) is 0. The van der Waals surface area contributed by atoms with Crippen molar-refractivity contribution in [1.82, 2.24) is 0 Å². The second-order valence-electron chi connectivity index (χ2n) is 5.16. The first-order chi connectivity index (χ1) is 9.27. The van der Waals surface area contributed by atoms with Crippen LogP contribution in [-0.2, 0) is 9.05 Å². The second-order valence-corrected chi connectivity index (χ2v) is 9.02. The second kappa shape index (κ2) is 6.42. The number of halogens is 3. The molecule has 0 spiro atoms. The predicted octanol–water partition coefficient (Wildman–Crippen LogP) is 4.99. The van der Waals surface area contributed by atoms with Crippen LogP contribution in [0.2, 0.25) is 5.02 Å². The summed E-state index contributed by atoms with van der Waals surface area (Å²) in [4.78, 5) is -0.0863. The quantitative estimate of drug-likeness (QED) is 0.670. The minimum Gasteiger partial charge on any atom is -0.487 e. The lowest BCUT2D eigenvalue weighted by atomic mass is 9.89. The van der Waals surface area contributed by atoms with E-state index in [1.54, 1.807) is 6.07 Å². The molecule has 0 aliphatic heterocycles. The van der Waals surface area contributed by atoms with Crippen LogP contribution in [0.15, 0.2) is 21.5 Å². The topological polar surface area (TPSA) is 43.4 Å². The zero-order valence-corrected chi connectivity index (χ0v) is 14.8. The molecule has 7 heteroatoms. The van der Waals surface area contributed by atoms with Crippen LogP contribution in [0.5, 0.6) is 5.75 Å². The summed E-state index contributed by atoms with van der Waals surface area (Å²) in [5, 5.41) is 0.247. The molecule has 0 saturated heterocycles. The van der Waals surface area contributed by atoms with Crippen LogP contribution >= 0.6 is 38.2 Å². The van der Waals surface area contributed by atoms with Gasteiger partial charge in [-0.3, -0.25) is 0 Å². The van der Waals surface area contributed by atoms with Crippen LogP contribution in [-0.4, -0.2) is 14.5 Å². The highest BCUT2D eigenvalue weighted by Crippen LogP contribution is 2.39. The lowest BCUT2D eigenvalue weighted by Gasteiger charge is -2.28. The van der Waals surface area contributed by atoms with Gasteiger partial charge in [-0.1, -0.05) is 40.9 Å². The van der Waals surface area contributed by atoms with Crippen molar-refractivity contribution in [2.75, 3.05) is 0 Å². The fourth-order valence-electron chi connectivity index (χ4n) is 2.48. The minimum atomic E-state index is -3.91. The molecule has 1 aliphatic carbocycles. The molecular formula is C13H15BrCl2O3S. The third-order valence-electron chi connectivity index (χ3n) is 3.41.